The molecule has 0 saturated heterocycles. The zero-order valence-corrected chi connectivity index (χ0v) is 19.9. The van der Waals surface area contributed by atoms with Crippen LogP contribution in [0.4, 0.5) is 0 Å². The summed E-state index contributed by atoms with van der Waals surface area (Å²) in [7, 11) is 1.91. The number of rotatable bonds is 5. The fourth-order valence-electron chi connectivity index (χ4n) is 4.16. The van der Waals surface area contributed by atoms with E-state index in [4.69, 9.17) is 28.9 Å². The van der Waals surface area contributed by atoms with Crippen LogP contribution in [0.1, 0.15) is 27.4 Å². The average molecular weight is 496 g/mol. The van der Waals surface area contributed by atoms with E-state index in [0.29, 0.717) is 15.8 Å². The molecule has 6 nitrogen and oxygen atoms in total. The maximum absolute atomic E-state index is 12.3. The molecule has 1 atom stereocenters. The highest BCUT2D eigenvalue weighted by Gasteiger charge is 2.35. The Morgan fingerprint density at radius 3 is 2.52 bits per heavy atom. The molecule has 33 heavy (non-hydrogen) atoms. The smallest absolute Gasteiger partial charge is 0.248 e. The molecule has 9 heteroatoms. The summed E-state index contributed by atoms with van der Waals surface area (Å²) in [5.74, 6) is 0. The Labute approximate surface area is 203 Å². The third-order valence-electron chi connectivity index (χ3n) is 5.77. The SMILES string of the molecule is Cn1cncc1C(N)(c1ccc(Cl)cc1)c1ccc2[nH]c(=O)cc(Cc3ncc(Cl)s3)c2c1. The summed E-state index contributed by atoms with van der Waals surface area (Å²) in [6, 6.07) is 14.9. The number of nitrogens with zero attached hydrogens (tertiary/aromatic N) is 3. The van der Waals surface area contributed by atoms with E-state index in [1.807, 2.05) is 54.1 Å². The number of hydrogen-bond donors (Lipinski definition) is 2. The molecule has 0 spiro atoms. The van der Waals surface area contributed by atoms with Gasteiger partial charge >= 0.3 is 0 Å². The van der Waals surface area contributed by atoms with Gasteiger partial charge in [0.1, 0.15) is 9.88 Å². The van der Waals surface area contributed by atoms with Crippen molar-refractivity contribution in [3.63, 3.8) is 0 Å². The van der Waals surface area contributed by atoms with E-state index in [2.05, 4.69) is 15.0 Å². The monoisotopic (exact) mass is 495 g/mol. The number of aromatic nitrogens is 4. The molecule has 2 aromatic carbocycles. The molecule has 3 N–H and O–H groups in total. The van der Waals surface area contributed by atoms with Gasteiger partial charge in [0, 0.05) is 35.5 Å². The highest BCUT2D eigenvalue weighted by molar-refractivity contribution is 7.15. The molecule has 0 fully saturated rings. The summed E-state index contributed by atoms with van der Waals surface area (Å²) in [4.78, 5) is 23.9. The molecule has 0 radical (unpaired) electrons. The zero-order chi connectivity index (χ0) is 23.2. The first-order chi connectivity index (χ1) is 15.8. The third kappa shape index (κ3) is 3.98. The van der Waals surface area contributed by atoms with Crippen molar-refractivity contribution >= 4 is 45.4 Å². The van der Waals surface area contributed by atoms with Gasteiger partial charge in [0.05, 0.1) is 29.4 Å². The summed E-state index contributed by atoms with van der Waals surface area (Å²) < 4.78 is 2.52. The van der Waals surface area contributed by atoms with Crippen LogP contribution in [0, 0.1) is 0 Å². The van der Waals surface area contributed by atoms with Crippen LogP contribution in [0.2, 0.25) is 9.36 Å². The van der Waals surface area contributed by atoms with Crippen molar-refractivity contribution in [3.8, 4) is 0 Å². The van der Waals surface area contributed by atoms with Gasteiger partial charge in [-0.2, -0.15) is 0 Å². The summed E-state index contributed by atoms with van der Waals surface area (Å²) in [5, 5.41) is 2.36. The standard InChI is InChI=1S/C24H19Cl2N5OS/c1-31-13-28-11-20(31)24(27,15-2-5-17(25)6-3-15)16-4-7-19-18(10-16)14(8-22(32)30-19)9-23-29-12-21(26)33-23/h2-8,10-13H,9,27H2,1H3,(H,30,32). The lowest BCUT2D eigenvalue weighted by molar-refractivity contribution is 0.596. The molecule has 0 aliphatic carbocycles. The number of aryl methyl sites for hydroxylation is 1. The fraction of sp³-hybridized carbons (Fsp3) is 0.125. The summed E-state index contributed by atoms with van der Waals surface area (Å²) in [6.07, 6.45) is 5.61. The molecule has 0 bridgehead atoms. The van der Waals surface area contributed by atoms with Crippen LogP contribution in [0.3, 0.4) is 0 Å². The van der Waals surface area contributed by atoms with E-state index in [-0.39, 0.29) is 5.56 Å². The minimum absolute atomic E-state index is 0.170. The first-order valence-corrected chi connectivity index (χ1v) is 11.7. The van der Waals surface area contributed by atoms with Gasteiger partial charge in [0.2, 0.25) is 5.56 Å². The maximum Gasteiger partial charge on any atom is 0.248 e. The molecule has 0 amide bonds. The number of aromatic amines is 1. The minimum Gasteiger partial charge on any atom is -0.336 e. The number of hydrogen-bond acceptors (Lipinski definition) is 5. The van der Waals surface area contributed by atoms with Crippen molar-refractivity contribution in [2.75, 3.05) is 0 Å². The lowest BCUT2D eigenvalue weighted by atomic mass is 9.80. The molecule has 1 unspecified atom stereocenters. The number of halogens is 2. The Bertz CT molecular complexity index is 1520. The zero-order valence-electron chi connectivity index (χ0n) is 17.5. The van der Waals surface area contributed by atoms with Gasteiger partial charge in [-0.3, -0.25) is 4.79 Å². The summed E-state index contributed by atoms with van der Waals surface area (Å²) >= 11 is 13.6. The van der Waals surface area contributed by atoms with Crippen LogP contribution in [-0.2, 0) is 19.0 Å². The Kier molecular flexibility index (Phi) is 5.58. The number of fused-ring (bicyclic) bond motifs is 1. The van der Waals surface area contributed by atoms with E-state index in [1.165, 1.54) is 11.3 Å². The number of benzene rings is 2. The van der Waals surface area contributed by atoms with Crippen molar-refractivity contribution in [1.29, 1.82) is 0 Å². The van der Waals surface area contributed by atoms with Crippen LogP contribution in [-0.4, -0.2) is 19.5 Å². The summed E-state index contributed by atoms with van der Waals surface area (Å²) in [5.41, 5.74) is 10.1. The predicted octanol–water partition coefficient (Wildman–Crippen LogP) is 4.87. The van der Waals surface area contributed by atoms with Gasteiger partial charge in [-0.25, -0.2) is 9.97 Å². The van der Waals surface area contributed by atoms with Gasteiger partial charge in [0.15, 0.2) is 0 Å². The molecule has 3 aromatic heterocycles. The van der Waals surface area contributed by atoms with Gasteiger partial charge in [-0.05, 0) is 41.0 Å². The van der Waals surface area contributed by atoms with Gasteiger partial charge in [0.25, 0.3) is 0 Å². The van der Waals surface area contributed by atoms with E-state index < -0.39 is 5.54 Å². The molecule has 5 aromatic rings. The number of nitrogens with two attached hydrogens (primary N) is 1. The molecule has 0 aliphatic heterocycles. The largest absolute Gasteiger partial charge is 0.336 e. The van der Waals surface area contributed by atoms with Gasteiger partial charge in [-0.15, -0.1) is 11.3 Å². The molecule has 5 rings (SSSR count). The first-order valence-electron chi connectivity index (χ1n) is 10.1. The van der Waals surface area contributed by atoms with Crippen molar-refractivity contribution < 1.29 is 0 Å². The van der Waals surface area contributed by atoms with Crippen LogP contribution in [0.5, 0.6) is 0 Å². The van der Waals surface area contributed by atoms with Crippen molar-refractivity contribution in [1.82, 2.24) is 19.5 Å². The normalized spacial score (nSPS) is 13.3. The Balaban J connectivity index is 1.73. The van der Waals surface area contributed by atoms with Crippen LogP contribution < -0.4 is 11.3 Å². The Hall–Kier alpha value is -2.97. The topological polar surface area (TPSA) is 89.6 Å². The number of pyridine rings is 1. The van der Waals surface area contributed by atoms with E-state index in [9.17, 15) is 4.79 Å². The Morgan fingerprint density at radius 2 is 1.85 bits per heavy atom. The fourth-order valence-corrected chi connectivity index (χ4v) is 5.27. The highest BCUT2D eigenvalue weighted by atomic mass is 35.5. The van der Waals surface area contributed by atoms with Crippen LogP contribution in [0.15, 0.2) is 72.0 Å². The predicted molar refractivity (Wildman–Crippen MR) is 133 cm³/mol. The van der Waals surface area contributed by atoms with Crippen molar-refractivity contribution in [2.24, 2.45) is 12.8 Å². The molecule has 3 heterocycles. The number of H-pyrrole nitrogens is 1. The van der Waals surface area contributed by atoms with Crippen molar-refractivity contribution in [3.05, 3.63) is 114 Å². The third-order valence-corrected chi connectivity index (χ3v) is 7.14. The summed E-state index contributed by atoms with van der Waals surface area (Å²) in [6.45, 7) is 0. The second-order valence-corrected chi connectivity index (χ2v) is 10.0. The highest BCUT2D eigenvalue weighted by Crippen LogP contribution is 2.36. The second kappa shape index (κ2) is 8.43. The van der Waals surface area contributed by atoms with E-state index in [0.717, 1.165) is 38.3 Å². The Morgan fingerprint density at radius 1 is 1.09 bits per heavy atom. The molecule has 166 valence electrons. The molecule has 0 aliphatic rings. The average Bonchev–Trinajstić information content (AvgIpc) is 3.41. The van der Waals surface area contributed by atoms with Crippen molar-refractivity contribution in [2.45, 2.75) is 12.0 Å². The second-order valence-electron chi connectivity index (χ2n) is 7.86. The molecular weight excluding hydrogens is 477 g/mol. The number of nitrogens with one attached hydrogen (secondary N) is 1. The lowest BCUT2D eigenvalue weighted by Gasteiger charge is -2.31. The van der Waals surface area contributed by atoms with Gasteiger partial charge in [-0.1, -0.05) is 41.4 Å². The molecule has 0 saturated carbocycles. The lowest BCUT2D eigenvalue weighted by Crippen LogP contribution is -2.41. The van der Waals surface area contributed by atoms with Gasteiger partial charge < -0.3 is 15.3 Å². The van der Waals surface area contributed by atoms with E-state index in [1.54, 1.807) is 24.8 Å². The molecular formula is C24H19Cl2N5OS. The maximum atomic E-state index is 12.3. The number of imidazole rings is 1. The first kappa shape index (κ1) is 21.9. The quantitative estimate of drug-likeness (QED) is 0.364. The minimum atomic E-state index is -0.998. The van der Waals surface area contributed by atoms with Crippen LogP contribution >= 0.6 is 34.5 Å². The number of thiazole rings is 1. The van der Waals surface area contributed by atoms with E-state index >= 15 is 0 Å². The van der Waals surface area contributed by atoms with Crippen LogP contribution in [0.25, 0.3) is 10.9 Å².